The average Bonchev–Trinajstić information content (AvgIpc) is 2.30. The number of pyridine rings is 1. The van der Waals surface area contributed by atoms with Crippen molar-refractivity contribution in [2.75, 3.05) is 18.0 Å². The van der Waals surface area contributed by atoms with E-state index in [1.165, 1.54) is 0 Å². The fourth-order valence-electron chi connectivity index (χ4n) is 1.86. The van der Waals surface area contributed by atoms with Crippen LogP contribution in [0.1, 0.15) is 12.8 Å². The first-order valence-corrected chi connectivity index (χ1v) is 4.95. The van der Waals surface area contributed by atoms with Crippen LogP contribution in [0.3, 0.4) is 0 Å². The summed E-state index contributed by atoms with van der Waals surface area (Å²) in [6, 6.07) is 6.33. The van der Waals surface area contributed by atoms with Crippen LogP contribution in [0.25, 0.3) is 0 Å². The summed E-state index contributed by atoms with van der Waals surface area (Å²) in [6.07, 6.45) is 5.77. The Bertz CT molecular complexity index is 328. The number of nitrogens with zero attached hydrogens (tertiary/aromatic N) is 3. The van der Waals surface area contributed by atoms with Crippen molar-refractivity contribution in [2.24, 2.45) is 5.92 Å². The molecule has 0 aromatic carbocycles. The molecule has 1 atom stereocenters. The van der Waals surface area contributed by atoms with Gasteiger partial charge in [0.25, 0.3) is 0 Å². The molecule has 0 radical (unpaired) electrons. The van der Waals surface area contributed by atoms with E-state index in [9.17, 15) is 0 Å². The van der Waals surface area contributed by atoms with E-state index in [-0.39, 0.29) is 5.92 Å². The van der Waals surface area contributed by atoms with Gasteiger partial charge in [-0.2, -0.15) is 5.26 Å². The van der Waals surface area contributed by atoms with Crippen LogP contribution >= 0.6 is 0 Å². The maximum atomic E-state index is 8.86. The lowest BCUT2D eigenvalue weighted by molar-refractivity contribution is 0.493. The van der Waals surface area contributed by atoms with Crippen molar-refractivity contribution < 1.29 is 0 Å². The predicted molar refractivity (Wildman–Crippen MR) is 54.8 cm³/mol. The Morgan fingerprint density at radius 2 is 2.50 bits per heavy atom. The first-order valence-electron chi connectivity index (χ1n) is 4.95. The van der Waals surface area contributed by atoms with Gasteiger partial charge in [0.15, 0.2) is 0 Å². The molecule has 1 aliphatic heterocycles. The van der Waals surface area contributed by atoms with E-state index >= 15 is 0 Å². The zero-order valence-electron chi connectivity index (χ0n) is 8.06. The molecular formula is C11H13N3. The summed E-state index contributed by atoms with van der Waals surface area (Å²) in [4.78, 5) is 6.33. The van der Waals surface area contributed by atoms with Crippen molar-refractivity contribution in [3.63, 3.8) is 0 Å². The molecule has 1 aromatic rings. The second-order valence-electron chi connectivity index (χ2n) is 3.63. The smallest absolute Gasteiger partial charge is 0.0674 e. The van der Waals surface area contributed by atoms with Crippen LogP contribution in [0.2, 0.25) is 0 Å². The normalized spacial score (nSPS) is 21.6. The zero-order valence-corrected chi connectivity index (χ0v) is 8.06. The Morgan fingerprint density at radius 3 is 3.21 bits per heavy atom. The molecule has 0 aliphatic carbocycles. The van der Waals surface area contributed by atoms with E-state index in [4.69, 9.17) is 5.26 Å². The molecule has 0 spiro atoms. The molecule has 3 heteroatoms. The monoisotopic (exact) mass is 187 g/mol. The summed E-state index contributed by atoms with van der Waals surface area (Å²) >= 11 is 0. The van der Waals surface area contributed by atoms with Gasteiger partial charge in [-0.05, 0) is 25.0 Å². The van der Waals surface area contributed by atoms with Crippen LogP contribution in [-0.4, -0.2) is 18.1 Å². The van der Waals surface area contributed by atoms with Gasteiger partial charge in [-0.15, -0.1) is 0 Å². The van der Waals surface area contributed by atoms with Crippen LogP contribution < -0.4 is 4.90 Å². The van der Waals surface area contributed by atoms with Gasteiger partial charge in [0.2, 0.25) is 0 Å². The van der Waals surface area contributed by atoms with Gasteiger partial charge in [0, 0.05) is 19.3 Å². The van der Waals surface area contributed by atoms with Gasteiger partial charge in [-0.25, -0.2) is 0 Å². The lowest BCUT2D eigenvalue weighted by Crippen LogP contribution is -2.34. The minimum absolute atomic E-state index is 0.184. The molecule has 72 valence electrons. The molecule has 0 unspecified atom stereocenters. The summed E-state index contributed by atoms with van der Waals surface area (Å²) in [5.41, 5.74) is 1.13. The van der Waals surface area contributed by atoms with Crippen molar-refractivity contribution in [3.8, 4) is 6.07 Å². The fourth-order valence-corrected chi connectivity index (χ4v) is 1.86. The molecule has 0 N–H and O–H groups in total. The van der Waals surface area contributed by atoms with Crippen molar-refractivity contribution >= 4 is 5.69 Å². The fraction of sp³-hybridized carbons (Fsp3) is 0.455. The Morgan fingerprint density at radius 1 is 1.57 bits per heavy atom. The van der Waals surface area contributed by atoms with Gasteiger partial charge in [-0.1, -0.05) is 0 Å². The zero-order chi connectivity index (χ0) is 9.80. The van der Waals surface area contributed by atoms with Gasteiger partial charge in [0.1, 0.15) is 0 Å². The number of hydrogen-bond acceptors (Lipinski definition) is 3. The SMILES string of the molecule is N#C[C@@H]1CCCN(c2cccnc2)C1. The van der Waals surface area contributed by atoms with Gasteiger partial charge < -0.3 is 4.90 Å². The van der Waals surface area contributed by atoms with Crippen molar-refractivity contribution in [1.29, 1.82) is 5.26 Å². The minimum Gasteiger partial charge on any atom is -0.369 e. The molecule has 14 heavy (non-hydrogen) atoms. The molecular weight excluding hydrogens is 174 g/mol. The molecule has 1 aliphatic rings. The lowest BCUT2D eigenvalue weighted by Gasteiger charge is -2.31. The Balaban J connectivity index is 2.09. The van der Waals surface area contributed by atoms with E-state index in [0.717, 1.165) is 31.6 Å². The summed E-state index contributed by atoms with van der Waals surface area (Å²) < 4.78 is 0. The number of nitriles is 1. The highest BCUT2D eigenvalue weighted by Gasteiger charge is 2.19. The lowest BCUT2D eigenvalue weighted by atomic mass is 9.99. The second-order valence-corrected chi connectivity index (χ2v) is 3.63. The molecule has 1 aromatic heterocycles. The summed E-state index contributed by atoms with van der Waals surface area (Å²) in [5.74, 6) is 0.184. The van der Waals surface area contributed by atoms with Crippen LogP contribution in [-0.2, 0) is 0 Å². The maximum Gasteiger partial charge on any atom is 0.0674 e. The van der Waals surface area contributed by atoms with Crippen molar-refractivity contribution in [3.05, 3.63) is 24.5 Å². The molecule has 2 rings (SSSR count). The molecule has 0 saturated carbocycles. The molecule has 3 nitrogen and oxygen atoms in total. The van der Waals surface area contributed by atoms with E-state index in [1.54, 1.807) is 6.20 Å². The highest BCUT2D eigenvalue weighted by Crippen LogP contribution is 2.21. The molecule has 0 amide bonds. The summed E-state index contributed by atoms with van der Waals surface area (Å²) in [5, 5.41) is 8.86. The highest BCUT2D eigenvalue weighted by molar-refractivity contribution is 5.44. The van der Waals surface area contributed by atoms with E-state index in [1.807, 2.05) is 18.3 Å². The molecule has 0 bridgehead atoms. The van der Waals surface area contributed by atoms with Gasteiger partial charge in [-0.3, -0.25) is 4.98 Å². The predicted octanol–water partition coefficient (Wildman–Crippen LogP) is 1.82. The topological polar surface area (TPSA) is 39.9 Å². The first-order chi connectivity index (χ1) is 6.90. The van der Waals surface area contributed by atoms with Gasteiger partial charge >= 0.3 is 0 Å². The number of rotatable bonds is 1. The maximum absolute atomic E-state index is 8.86. The largest absolute Gasteiger partial charge is 0.369 e. The van der Waals surface area contributed by atoms with Crippen molar-refractivity contribution in [2.45, 2.75) is 12.8 Å². The van der Waals surface area contributed by atoms with Crippen molar-refractivity contribution in [1.82, 2.24) is 4.98 Å². The number of piperidine rings is 1. The minimum atomic E-state index is 0.184. The average molecular weight is 187 g/mol. The standard InChI is InChI=1S/C11H13N3/c12-7-10-3-2-6-14(9-10)11-4-1-5-13-8-11/h1,4-5,8,10H,2-3,6,9H2/t10-/m0/s1. The number of anilines is 1. The van der Waals surface area contributed by atoms with Crippen LogP contribution in [0.4, 0.5) is 5.69 Å². The Kier molecular flexibility index (Phi) is 2.64. The van der Waals surface area contributed by atoms with E-state index < -0.39 is 0 Å². The highest BCUT2D eigenvalue weighted by atomic mass is 15.1. The number of aromatic nitrogens is 1. The molecule has 1 fully saturated rings. The quantitative estimate of drug-likeness (QED) is 0.673. The molecule has 2 heterocycles. The number of hydrogen-bond donors (Lipinski definition) is 0. The van der Waals surface area contributed by atoms with Gasteiger partial charge in [0.05, 0.1) is 23.9 Å². The van der Waals surface area contributed by atoms with Crippen LogP contribution in [0, 0.1) is 17.2 Å². The first kappa shape index (κ1) is 9.01. The van der Waals surface area contributed by atoms with Crippen LogP contribution in [0.15, 0.2) is 24.5 Å². The summed E-state index contributed by atoms with van der Waals surface area (Å²) in [7, 11) is 0. The second kappa shape index (κ2) is 4.10. The Labute approximate surface area is 84.0 Å². The third-order valence-corrected chi connectivity index (χ3v) is 2.62. The third-order valence-electron chi connectivity index (χ3n) is 2.62. The third kappa shape index (κ3) is 1.85. The molecule has 1 saturated heterocycles. The van der Waals surface area contributed by atoms with E-state index in [0.29, 0.717) is 0 Å². The van der Waals surface area contributed by atoms with Crippen LogP contribution in [0.5, 0.6) is 0 Å². The van der Waals surface area contributed by atoms with E-state index in [2.05, 4.69) is 16.0 Å². The Hall–Kier alpha value is -1.56. The summed E-state index contributed by atoms with van der Waals surface area (Å²) in [6.45, 7) is 1.89.